The zero-order valence-corrected chi connectivity index (χ0v) is 17.4. The quantitative estimate of drug-likeness (QED) is 0.550. The molecule has 1 aliphatic heterocycles. The lowest BCUT2D eigenvalue weighted by Gasteiger charge is -2.22. The average Bonchev–Trinajstić information content (AvgIpc) is 2.68. The Morgan fingerprint density at radius 3 is 2.72 bits per heavy atom. The van der Waals surface area contributed by atoms with Gasteiger partial charge in [-0.15, -0.1) is 0 Å². The Balaban J connectivity index is 2.04. The Kier molecular flexibility index (Phi) is 9.46. The minimum atomic E-state index is -0.611. The summed E-state index contributed by atoms with van der Waals surface area (Å²) in [5, 5.41) is 12.0. The van der Waals surface area contributed by atoms with E-state index in [1.807, 2.05) is 43.3 Å². The van der Waals surface area contributed by atoms with E-state index in [4.69, 9.17) is 4.74 Å². The summed E-state index contributed by atoms with van der Waals surface area (Å²) in [6, 6.07) is 7.35. The number of carbonyl (C=O) groups excluding carboxylic acids is 2. The molecule has 8 heteroatoms. The Morgan fingerprint density at radius 1 is 1.14 bits per heavy atom. The number of aryl methyl sites for hydroxylation is 1. The molecule has 1 aromatic rings. The van der Waals surface area contributed by atoms with Crippen LogP contribution in [0.4, 0.5) is 0 Å². The molecule has 2 rings (SSSR count). The van der Waals surface area contributed by atoms with Gasteiger partial charge in [0, 0.05) is 31.9 Å². The zero-order valence-electron chi connectivity index (χ0n) is 17.4. The first-order valence-corrected chi connectivity index (χ1v) is 10.0. The van der Waals surface area contributed by atoms with E-state index in [2.05, 4.69) is 27.8 Å². The number of fused-ring (bicyclic) bond motifs is 1. The van der Waals surface area contributed by atoms with Crippen LogP contribution in [0.3, 0.4) is 0 Å². The maximum Gasteiger partial charge on any atom is 0.243 e. The summed E-state index contributed by atoms with van der Waals surface area (Å²) >= 11 is 0. The number of nitrogens with zero attached hydrogens (tertiary/aromatic N) is 1. The molecule has 0 radical (unpaired) electrons. The van der Waals surface area contributed by atoms with Gasteiger partial charge in [0.25, 0.3) is 0 Å². The van der Waals surface area contributed by atoms with E-state index in [1.165, 1.54) is 0 Å². The first kappa shape index (κ1) is 22.7. The standard InChI is InChI=1S/C21H33N5O3/c1-16-13-22-11-12-29-19-9-5-4-7-17(19)8-6-10-23-21(28)18(15-26(2)3)25-20(27)14-24-16/h4-5,7,9,18,22,24H,1,6,8,10-15H2,2-3H3,(H,23,28)(H,25,27). The molecule has 1 atom stereocenters. The van der Waals surface area contributed by atoms with Crippen LogP contribution in [0.5, 0.6) is 5.75 Å². The third-order valence-corrected chi connectivity index (χ3v) is 4.47. The topological polar surface area (TPSA) is 94.7 Å². The molecule has 1 aliphatic rings. The highest BCUT2D eigenvalue weighted by molar-refractivity contribution is 5.88. The van der Waals surface area contributed by atoms with E-state index in [9.17, 15) is 9.59 Å². The minimum Gasteiger partial charge on any atom is -0.492 e. The summed E-state index contributed by atoms with van der Waals surface area (Å²) in [4.78, 5) is 26.7. The van der Waals surface area contributed by atoms with Crippen molar-refractivity contribution < 1.29 is 14.3 Å². The van der Waals surface area contributed by atoms with Crippen LogP contribution in [-0.2, 0) is 16.0 Å². The normalized spacial score (nSPS) is 20.4. The van der Waals surface area contributed by atoms with Crippen molar-refractivity contribution in [2.45, 2.75) is 18.9 Å². The molecule has 29 heavy (non-hydrogen) atoms. The maximum atomic E-state index is 12.6. The molecule has 1 aromatic carbocycles. The van der Waals surface area contributed by atoms with E-state index in [0.717, 1.165) is 24.2 Å². The molecule has 8 nitrogen and oxygen atoms in total. The fraction of sp³-hybridized carbons (Fsp3) is 0.524. The lowest BCUT2D eigenvalue weighted by molar-refractivity contribution is -0.128. The highest BCUT2D eigenvalue weighted by Gasteiger charge is 2.21. The predicted molar refractivity (Wildman–Crippen MR) is 114 cm³/mol. The van der Waals surface area contributed by atoms with Gasteiger partial charge in [-0.1, -0.05) is 24.8 Å². The van der Waals surface area contributed by atoms with Gasteiger partial charge in [-0.25, -0.2) is 0 Å². The van der Waals surface area contributed by atoms with Crippen molar-refractivity contribution in [1.29, 1.82) is 0 Å². The molecule has 1 heterocycles. The van der Waals surface area contributed by atoms with Gasteiger partial charge in [0.1, 0.15) is 18.4 Å². The van der Waals surface area contributed by atoms with Crippen LogP contribution >= 0.6 is 0 Å². The van der Waals surface area contributed by atoms with Crippen LogP contribution in [-0.4, -0.2) is 76.2 Å². The summed E-state index contributed by atoms with van der Waals surface area (Å²) in [6.07, 6.45) is 1.59. The molecule has 2 amide bonds. The summed E-state index contributed by atoms with van der Waals surface area (Å²) in [5.74, 6) is 0.446. The molecule has 0 spiro atoms. The second-order valence-electron chi connectivity index (χ2n) is 7.37. The molecular formula is C21H33N5O3. The van der Waals surface area contributed by atoms with Crippen molar-refractivity contribution in [2.24, 2.45) is 0 Å². The Morgan fingerprint density at radius 2 is 1.93 bits per heavy atom. The minimum absolute atomic E-state index is 0.0710. The maximum absolute atomic E-state index is 12.6. The fourth-order valence-electron chi connectivity index (χ4n) is 3.01. The third kappa shape index (κ3) is 8.53. The highest BCUT2D eigenvalue weighted by atomic mass is 16.5. The number of ether oxygens (including phenoxy) is 1. The molecule has 1 unspecified atom stereocenters. The third-order valence-electron chi connectivity index (χ3n) is 4.47. The monoisotopic (exact) mass is 403 g/mol. The van der Waals surface area contributed by atoms with Gasteiger partial charge in [-0.2, -0.15) is 0 Å². The highest BCUT2D eigenvalue weighted by Crippen LogP contribution is 2.19. The van der Waals surface area contributed by atoms with E-state index in [-0.39, 0.29) is 18.4 Å². The van der Waals surface area contributed by atoms with Crippen LogP contribution in [0, 0.1) is 0 Å². The van der Waals surface area contributed by atoms with Gasteiger partial charge < -0.3 is 30.9 Å². The first-order valence-electron chi connectivity index (χ1n) is 10.0. The Hall–Kier alpha value is -2.58. The fourth-order valence-corrected chi connectivity index (χ4v) is 3.01. The molecule has 0 aromatic heterocycles. The van der Waals surface area contributed by atoms with Crippen molar-refractivity contribution in [3.8, 4) is 5.75 Å². The number of hydrogen-bond donors (Lipinski definition) is 4. The van der Waals surface area contributed by atoms with Gasteiger partial charge in [-0.05, 0) is 38.6 Å². The number of para-hydroxylation sites is 1. The Bertz CT molecular complexity index is 693. The van der Waals surface area contributed by atoms with Gasteiger partial charge in [0.05, 0.1) is 6.54 Å². The number of nitrogens with one attached hydrogen (secondary N) is 4. The molecule has 0 fully saturated rings. The van der Waals surface area contributed by atoms with E-state index >= 15 is 0 Å². The molecule has 0 aliphatic carbocycles. The van der Waals surface area contributed by atoms with Crippen molar-refractivity contribution in [3.05, 3.63) is 42.1 Å². The van der Waals surface area contributed by atoms with E-state index in [0.29, 0.717) is 38.5 Å². The first-order chi connectivity index (χ1) is 14.0. The smallest absolute Gasteiger partial charge is 0.243 e. The lowest BCUT2D eigenvalue weighted by atomic mass is 10.1. The summed E-state index contributed by atoms with van der Waals surface area (Å²) in [6.45, 7) is 6.68. The number of carbonyl (C=O) groups is 2. The predicted octanol–water partition coefficient (Wildman–Crippen LogP) is -0.133. The molecule has 4 N–H and O–H groups in total. The summed E-state index contributed by atoms with van der Waals surface area (Å²) in [5.41, 5.74) is 1.82. The van der Waals surface area contributed by atoms with E-state index < -0.39 is 6.04 Å². The molecule has 160 valence electrons. The second-order valence-corrected chi connectivity index (χ2v) is 7.37. The van der Waals surface area contributed by atoms with Gasteiger partial charge >= 0.3 is 0 Å². The van der Waals surface area contributed by atoms with Crippen molar-refractivity contribution in [3.63, 3.8) is 0 Å². The van der Waals surface area contributed by atoms with Crippen LogP contribution in [0.1, 0.15) is 12.0 Å². The molecule has 0 bridgehead atoms. The van der Waals surface area contributed by atoms with Crippen molar-refractivity contribution in [1.82, 2.24) is 26.2 Å². The van der Waals surface area contributed by atoms with Gasteiger partial charge in [-0.3, -0.25) is 9.59 Å². The number of rotatable bonds is 2. The molecular weight excluding hydrogens is 370 g/mol. The van der Waals surface area contributed by atoms with Crippen molar-refractivity contribution >= 4 is 11.8 Å². The number of amides is 2. The number of benzene rings is 1. The molecule has 0 saturated heterocycles. The van der Waals surface area contributed by atoms with Crippen molar-refractivity contribution in [2.75, 3.05) is 53.4 Å². The number of hydrogen-bond acceptors (Lipinski definition) is 6. The lowest BCUT2D eigenvalue weighted by Crippen LogP contribution is -2.53. The van der Waals surface area contributed by atoms with Crippen LogP contribution in [0.2, 0.25) is 0 Å². The average molecular weight is 404 g/mol. The SMILES string of the molecule is C=C1CNCCOc2ccccc2CCCNC(=O)C(CN(C)C)NC(=O)CN1. The van der Waals surface area contributed by atoms with Gasteiger partial charge in [0.15, 0.2) is 0 Å². The van der Waals surface area contributed by atoms with Crippen LogP contribution in [0.15, 0.2) is 36.5 Å². The summed E-state index contributed by atoms with van der Waals surface area (Å²) in [7, 11) is 3.74. The van der Waals surface area contributed by atoms with Crippen LogP contribution < -0.4 is 26.0 Å². The largest absolute Gasteiger partial charge is 0.492 e. The zero-order chi connectivity index (χ0) is 21.1. The second kappa shape index (κ2) is 12.1. The van der Waals surface area contributed by atoms with Gasteiger partial charge in [0.2, 0.25) is 11.8 Å². The molecule has 0 saturated carbocycles. The Labute approximate surface area is 173 Å². The van der Waals surface area contributed by atoms with Crippen LogP contribution in [0.25, 0.3) is 0 Å². The number of likely N-dealkylation sites (N-methyl/N-ethyl adjacent to an activating group) is 1. The summed E-state index contributed by atoms with van der Waals surface area (Å²) < 4.78 is 5.90. The van der Waals surface area contributed by atoms with E-state index in [1.54, 1.807) is 0 Å².